The molecule has 5 heteroatoms. The van der Waals surface area contributed by atoms with Gasteiger partial charge in [0.05, 0.1) is 6.61 Å². The van der Waals surface area contributed by atoms with Gasteiger partial charge < -0.3 is 19.3 Å². The van der Waals surface area contributed by atoms with Crippen molar-refractivity contribution in [3.63, 3.8) is 0 Å². The van der Waals surface area contributed by atoms with E-state index in [1.165, 1.54) is 18.7 Å². The van der Waals surface area contributed by atoms with Crippen LogP contribution in [0.25, 0.3) is 0 Å². The number of hydrogen-bond acceptors (Lipinski definition) is 5. The minimum absolute atomic E-state index is 0.209. The quantitative estimate of drug-likeness (QED) is 0.618. The minimum Gasteiger partial charge on any atom is -0.494 e. The fourth-order valence-corrected chi connectivity index (χ4v) is 4.34. The normalized spacial score (nSPS) is 20.8. The van der Waals surface area contributed by atoms with Crippen LogP contribution in [0.4, 0.5) is 0 Å². The molecule has 3 rings (SSSR count). The van der Waals surface area contributed by atoms with E-state index < -0.39 is 0 Å². The second-order valence-electron chi connectivity index (χ2n) is 8.73. The summed E-state index contributed by atoms with van der Waals surface area (Å²) in [5.74, 6) is 0.987. The molecule has 0 aromatic heterocycles. The molecule has 0 aliphatic carbocycles. The number of nitrogens with zero attached hydrogens (tertiary/aromatic N) is 3. The first-order chi connectivity index (χ1) is 13.0. The third-order valence-corrected chi connectivity index (χ3v) is 6.09. The van der Waals surface area contributed by atoms with E-state index in [-0.39, 0.29) is 5.41 Å². The van der Waals surface area contributed by atoms with Crippen molar-refractivity contribution in [2.75, 3.05) is 74.2 Å². The topological polar surface area (TPSA) is 28.2 Å². The SMILES string of the molecule is CN(C)CC1(c2ccc(OCCCN3CC(N(C)C)C3)cc2)CCOCC1. The summed E-state index contributed by atoms with van der Waals surface area (Å²) >= 11 is 0. The summed E-state index contributed by atoms with van der Waals surface area (Å²) in [6.07, 6.45) is 3.27. The van der Waals surface area contributed by atoms with Gasteiger partial charge in [0.25, 0.3) is 0 Å². The van der Waals surface area contributed by atoms with Crippen molar-refractivity contribution in [2.45, 2.75) is 30.7 Å². The van der Waals surface area contributed by atoms with Gasteiger partial charge in [-0.1, -0.05) is 12.1 Å². The van der Waals surface area contributed by atoms with Crippen LogP contribution in [0.3, 0.4) is 0 Å². The Morgan fingerprint density at radius 3 is 2.33 bits per heavy atom. The fraction of sp³-hybridized carbons (Fsp3) is 0.727. The van der Waals surface area contributed by atoms with E-state index in [2.05, 4.69) is 67.2 Å². The van der Waals surface area contributed by atoms with Crippen LogP contribution in [-0.2, 0) is 10.2 Å². The van der Waals surface area contributed by atoms with Crippen LogP contribution in [0.1, 0.15) is 24.8 Å². The Kier molecular flexibility index (Phi) is 7.15. The molecule has 5 nitrogen and oxygen atoms in total. The zero-order valence-electron chi connectivity index (χ0n) is 17.6. The third-order valence-electron chi connectivity index (χ3n) is 6.09. The highest BCUT2D eigenvalue weighted by atomic mass is 16.5. The van der Waals surface area contributed by atoms with Gasteiger partial charge in [0, 0.05) is 50.8 Å². The molecule has 0 bridgehead atoms. The monoisotopic (exact) mass is 375 g/mol. The maximum absolute atomic E-state index is 5.98. The molecule has 2 aliphatic rings. The van der Waals surface area contributed by atoms with Crippen LogP contribution < -0.4 is 4.74 Å². The average Bonchev–Trinajstić information content (AvgIpc) is 2.60. The highest BCUT2D eigenvalue weighted by molar-refractivity contribution is 5.33. The van der Waals surface area contributed by atoms with Gasteiger partial charge in [0.15, 0.2) is 0 Å². The van der Waals surface area contributed by atoms with Crippen molar-refractivity contribution in [2.24, 2.45) is 0 Å². The van der Waals surface area contributed by atoms with Gasteiger partial charge in [-0.15, -0.1) is 0 Å². The number of hydrogen-bond donors (Lipinski definition) is 0. The zero-order valence-corrected chi connectivity index (χ0v) is 17.6. The molecule has 0 saturated carbocycles. The van der Waals surface area contributed by atoms with E-state index in [1.54, 1.807) is 0 Å². The molecule has 1 aromatic carbocycles. The molecule has 0 atom stereocenters. The summed E-state index contributed by atoms with van der Waals surface area (Å²) in [6.45, 7) is 7.10. The van der Waals surface area contributed by atoms with Gasteiger partial charge in [0.1, 0.15) is 5.75 Å². The molecule has 0 amide bonds. The molecule has 2 heterocycles. The molecule has 2 aliphatic heterocycles. The summed E-state index contributed by atoms with van der Waals surface area (Å²) in [6, 6.07) is 9.56. The van der Waals surface area contributed by atoms with Crippen LogP contribution in [0.5, 0.6) is 5.75 Å². The lowest BCUT2D eigenvalue weighted by Gasteiger charge is -2.42. The van der Waals surface area contributed by atoms with E-state index in [0.29, 0.717) is 0 Å². The Hall–Kier alpha value is -1.14. The summed E-state index contributed by atoms with van der Waals surface area (Å²) < 4.78 is 11.6. The molecule has 0 spiro atoms. The first kappa shape index (κ1) is 20.6. The molecule has 0 radical (unpaired) electrons. The Labute approximate surface area is 165 Å². The van der Waals surface area contributed by atoms with Gasteiger partial charge >= 0.3 is 0 Å². The van der Waals surface area contributed by atoms with E-state index >= 15 is 0 Å². The van der Waals surface area contributed by atoms with Gasteiger partial charge in [-0.3, -0.25) is 4.90 Å². The smallest absolute Gasteiger partial charge is 0.119 e. The van der Waals surface area contributed by atoms with E-state index in [4.69, 9.17) is 9.47 Å². The molecule has 27 heavy (non-hydrogen) atoms. The molecule has 152 valence electrons. The van der Waals surface area contributed by atoms with Gasteiger partial charge in [-0.25, -0.2) is 0 Å². The van der Waals surface area contributed by atoms with Crippen molar-refractivity contribution >= 4 is 0 Å². The maximum atomic E-state index is 5.98. The number of likely N-dealkylation sites (tertiary alicyclic amines) is 1. The van der Waals surface area contributed by atoms with Crippen LogP contribution in [-0.4, -0.2) is 94.9 Å². The van der Waals surface area contributed by atoms with E-state index in [1.807, 2.05) is 0 Å². The number of benzene rings is 1. The second kappa shape index (κ2) is 9.37. The first-order valence-corrected chi connectivity index (χ1v) is 10.3. The predicted octanol–water partition coefficient (Wildman–Crippen LogP) is 2.31. The number of likely N-dealkylation sites (N-methyl/N-ethyl adjacent to an activating group) is 2. The van der Waals surface area contributed by atoms with Crippen molar-refractivity contribution in [3.8, 4) is 5.75 Å². The molecule has 1 aromatic rings. The third kappa shape index (κ3) is 5.44. The lowest BCUT2D eigenvalue weighted by atomic mass is 9.74. The van der Waals surface area contributed by atoms with E-state index in [0.717, 1.165) is 64.0 Å². The Bertz CT molecular complexity index is 561. The lowest BCUT2D eigenvalue weighted by molar-refractivity contribution is 0.0401. The zero-order chi connectivity index (χ0) is 19.3. The van der Waals surface area contributed by atoms with Crippen LogP contribution in [0, 0.1) is 0 Å². The molecule has 2 fully saturated rings. The Morgan fingerprint density at radius 2 is 1.74 bits per heavy atom. The van der Waals surface area contributed by atoms with Crippen molar-refractivity contribution < 1.29 is 9.47 Å². The Balaban J connectivity index is 1.45. The molecular weight excluding hydrogens is 338 g/mol. The van der Waals surface area contributed by atoms with Crippen LogP contribution in [0.2, 0.25) is 0 Å². The minimum atomic E-state index is 0.209. The van der Waals surface area contributed by atoms with Gasteiger partial charge in [0.2, 0.25) is 0 Å². The number of rotatable bonds is 9. The maximum Gasteiger partial charge on any atom is 0.119 e. The van der Waals surface area contributed by atoms with Crippen molar-refractivity contribution in [1.82, 2.24) is 14.7 Å². The second-order valence-corrected chi connectivity index (χ2v) is 8.73. The van der Waals surface area contributed by atoms with Crippen LogP contribution in [0.15, 0.2) is 24.3 Å². The summed E-state index contributed by atoms with van der Waals surface area (Å²) in [5.41, 5.74) is 1.63. The average molecular weight is 376 g/mol. The van der Waals surface area contributed by atoms with Crippen LogP contribution >= 0.6 is 0 Å². The van der Waals surface area contributed by atoms with Gasteiger partial charge in [-0.05, 0) is 65.1 Å². The van der Waals surface area contributed by atoms with Gasteiger partial charge in [-0.2, -0.15) is 0 Å². The number of ether oxygens (including phenoxy) is 2. The molecule has 0 unspecified atom stereocenters. The summed E-state index contributed by atoms with van der Waals surface area (Å²) in [5, 5.41) is 0. The van der Waals surface area contributed by atoms with E-state index in [9.17, 15) is 0 Å². The highest BCUT2D eigenvalue weighted by Gasteiger charge is 2.35. The van der Waals surface area contributed by atoms with Crippen molar-refractivity contribution in [3.05, 3.63) is 29.8 Å². The van der Waals surface area contributed by atoms with Crippen molar-refractivity contribution in [1.29, 1.82) is 0 Å². The molecule has 0 N–H and O–H groups in total. The summed E-state index contributed by atoms with van der Waals surface area (Å²) in [4.78, 5) is 7.12. The summed E-state index contributed by atoms with van der Waals surface area (Å²) in [7, 11) is 8.65. The first-order valence-electron chi connectivity index (χ1n) is 10.3. The highest BCUT2D eigenvalue weighted by Crippen LogP contribution is 2.36. The molecular formula is C22H37N3O2. The fourth-order valence-electron chi connectivity index (χ4n) is 4.34. The Morgan fingerprint density at radius 1 is 1.07 bits per heavy atom. The molecule has 2 saturated heterocycles. The largest absolute Gasteiger partial charge is 0.494 e. The lowest BCUT2D eigenvalue weighted by Crippen LogP contribution is -2.57. The predicted molar refractivity (Wildman–Crippen MR) is 111 cm³/mol. The standard InChI is InChI=1S/C22H37N3O2/c1-23(2)18-22(10-14-26-15-11-22)19-6-8-21(9-7-19)27-13-5-12-25-16-20(17-25)24(3)4/h6-9,20H,5,10-18H2,1-4H3.